The molecule has 1 heterocycles. The predicted octanol–water partition coefficient (Wildman–Crippen LogP) is -0.523. The van der Waals surface area contributed by atoms with Gasteiger partial charge in [0.15, 0.2) is 0 Å². The Morgan fingerprint density at radius 2 is 2.11 bits per heavy atom. The van der Waals surface area contributed by atoms with Crippen LogP contribution in [0.5, 0.6) is 0 Å². The molecule has 0 aromatic rings. The molecule has 3 N–H and O–H groups in total. The van der Waals surface area contributed by atoms with Gasteiger partial charge in [-0.15, -0.1) is 0 Å². The summed E-state index contributed by atoms with van der Waals surface area (Å²) in [5.74, 6) is -0.564. The minimum absolute atomic E-state index is 0.0195. The van der Waals surface area contributed by atoms with E-state index in [0.29, 0.717) is 26.1 Å². The first-order valence-corrected chi connectivity index (χ1v) is 6.23. The van der Waals surface area contributed by atoms with Gasteiger partial charge in [-0.25, -0.2) is 0 Å². The lowest BCUT2D eigenvalue weighted by molar-refractivity contribution is -0.147. The molecule has 1 rings (SSSR count). The zero-order chi connectivity index (χ0) is 13.8. The van der Waals surface area contributed by atoms with Crippen LogP contribution in [0, 0.1) is 0 Å². The average molecular weight is 257 g/mol. The van der Waals surface area contributed by atoms with Crippen molar-refractivity contribution in [3.05, 3.63) is 0 Å². The van der Waals surface area contributed by atoms with Crippen LogP contribution in [-0.4, -0.2) is 54.6 Å². The van der Waals surface area contributed by atoms with Gasteiger partial charge in [-0.1, -0.05) is 0 Å². The highest BCUT2D eigenvalue weighted by Gasteiger charge is 2.30. The van der Waals surface area contributed by atoms with Crippen molar-refractivity contribution in [1.29, 1.82) is 0 Å². The Balaban J connectivity index is 2.46. The molecule has 0 aliphatic carbocycles. The van der Waals surface area contributed by atoms with Crippen LogP contribution in [0.15, 0.2) is 0 Å². The van der Waals surface area contributed by atoms with E-state index in [-0.39, 0.29) is 18.1 Å². The molecular formula is C12H23N3O3. The minimum atomic E-state index is -0.624. The molecule has 0 saturated carbocycles. The van der Waals surface area contributed by atoms with Crippen molar-refractivity contribution in [1.82, 2.24) is 10.2 Å². The van der Waals surface area contributed by atoms with Gasteiger partial charge >= 0.3 is 0 Å². The van der Waals surface area contributed by atoms with E-state index in [9.17, 15) is 9.59 Å². The van der Waals surface area contributed by atoms with Crippen molar-refractivity contribution in [3.8, 4) is 0 Å². The second-order valence-corrected chi connectivity index (χ2v) is 5.51. The molecule has 0 aromatic heterocycles. The first-order valence-electron chi connectivity index (χ1n) is 6.23. The lowest BCUT2D eigenvalue weighted by atomic mass is 10.1. The van der Waals surface area contributed by atoms with Gasteiger partial charge in [-0.2, -0.15) is 0 Å². The van der Waals surface area contributed by atoms with E-state index >= 15 is 0 Å². The Hall–Kier alpha value is -1.14. The van der Waals surface area contributed by atoms with E-state index in [1.165, 1.54) is 4.90 Å². The molecule has 104 valence electrons. The second-order valence-electron chi connectivity index (χ2n) is 5.51. The van der Waals surface area contributed by atoms with Gasteiger partial charge in [0.05, 0.1) is 13.2 Å². The molecule has 1 unspecified atom stereocenters. The topological polar surface area (TPSA) is 84.7 Å². The summed E-state index contributed by atoms with van der Waals surface area (Å²) in [6, 6.07) is -0.624. The van der Waals surface area contributed by atoms with Crippen molar-refractivity contribution in [2.45, 2.75) is 38.8 Å². The van der Waals surface area contributed by atoms with Crippen LogP contribution in [0.25, 0.3) is 0 Å². The number of hydrogen-bond acceptors (Lipinski definition) is 4. The standard InChI is InChI=1S/C12H23N3O3/c1-12(2,3)14-5-4-10(16)15-6-7-18-8-9(15)11(13)17/h9,14H,4-8H2,1-3H3,(H2,13,17). The highest BCUT2D eigenvalue weighted by molar-refractivity contribution is 5.87. The summed E-state index contributed by atoms with van der Waals surface area (Å²) < 4.78 is 5.17. The molecule has 0 spiro atoms. The third-order valence-electron chi connectivity index (χ3n) is 2.77. The highest BCUT2D eigenvalue weighted by Crippen LogP contribution is 2.08. The summed E-state index contributed by atoms with van der Waals surface area (Å²) in [5.41, 5.74) is 5.25. The number of morpholine rings is 1. The first kappa shape index (κ1) is 14.9. The van der Waals surface area contributed by atoms with E-state index in [4.69, 9.17) is 10.5 Å². The fourth-order valence-electron chi connectivity index (χ4n) is 1.83. The molecule has 1 saturated heterocycles. The second kappa shape index (κ2) is 6.15. The Kier molecular flexibility index (Phi) is 5.10. The first-order chi connectivity index (χ1) is 8.31. The van der Waals surface area contributed by atoms with Crippen LogP contribution in [0.2, 0.25) is 0 Å². The normalized spacial score (nSPS) is 20.8. The Bertz CT molecular complexity index is 312. The summed E-state index contributed by atoms with van der Waals surface area (Å²) in [4.78, 5) is 24.8. The van der Waals surface area contributed by atoms with Gasteiger partial charge in [-0.05, 0) is 20.8 Å². The third kappa shape index (κ3) is 4.62. The lowest BCUT2D eigenvalue weighted by Crippen LogP contribution is -2.55. The summed E-state index contributed by atoms with van der Waals surface area (Å²) >= 11 is 0. The Morgan fingerprint density at radius 3 is 2.67 bits per heavy atom. The molecule has 1 fully saturated rings. The highest BCUT2D eigenvalue weighted by atomic mass is 16.5. The number of hydrogen-bond donors (Lipinski definition) is 2. The molecule has 6 nitrogen and oxygen atoms in total. The number of carbonyl (C=O) groups is 2. The number of nitrogens with zero attached hydrogens (tertiary/aromatic N) is 1. The quantitative estimate of drug-likeness (QED) is 0.709. The maximum absolute atomic E-state index is 12.0. The number of rotatable bonds is 4. The van der Waals surface area contributed by atoms with E-state index in [2.05, 4.69) is 5.32 Å². The van der Waals surface area contributed by atoms with Crippen LogP contribution < -0.4 is 11.1 Å². The van der Waals surface area contributed by atoms with Crippen molar-refractivity contribution >= 4 is 11.8 Å². The van der Waals surface area contributed by atoms with E-state index in [0.717, 1.165) is 0 Å². The van der Waals surface area contributed by atoms with Crippen molar-refractivity contribution in [2.75, 3.05) is 26.3 Å². The van der Waals surface area contributed by atoms with Crippen LogP contribution in [0.1, 0.15) is 27.2 Å². The SMILES string of the molecule is CC(C)(C)NCCC(=O)N1CCOCC1C(N)=O. The number of primary amides is 1. The van der Waals surface area contributed by atoms with Gasteiger partial charge in [0.2, 0.25) is 11.8 Å². The molecule has 0 radical (unpaired) electrons. The third-order valence-corrected chi connectivity index (χ3v) is 2.77. The van der Waals surface area contributed by atoms with Gasteiger partial charge in [0, 0.05) is 25.0 Å². The molecule has 18 heavy (non-hydrogen) atoms. The molecule has 6 heteroatoms. The van der Waals surface area contributed by atoms with E-state index in [1.54, 1.807) is 0 Å². The Labute approximate surface area is 108 Å². The molecular weight excluding hydrogens is 234 g/mol. The monoisotopic (exact) mass is 257 g/mol. The molecule has 0 bridgehead atoms. The molecule has 0 aromatic carbocycles. The maximum atomic E-state index is 12.0. The van der Waals surface area contributed by atoms with Crippen LogP contribution in [0.3, 0.4) is 0 Å². The van der Waals surface area contributed by atoms with Gasteiger partial charge in [0.1, 0.15) is 6.04 Å². The number of ether oxygens (including phenoxy) is 1. The van der Waals surface area contributed by atoms with Crippen molar-refractivity contribution in [3.63, 3.8) is 0 Å². The summed E-state index contributed by atoms with van der Waals surface area (Å²) in [5, 5.41) is 3.24. The van der Waals surface area contributed by atoms with E-state index < -0.39 is 11.9 Å². The van der Waals surface area contributed by atoms with Gasteiger partial charge in [0.25, 0.3) is 0 Å². The zero-order valence-electron chi connectivity index (χ0n) is 11.4. The fraction of sp³-hybridized carbons (Fsp3) is 0.833. The minimum Gasteiger partial charge on any atom is -0.377 e. The average Bonchev–Trinajstić information content (AvgIpc) is 2.27. The van der Waals surface area contributed by atoms with Gasteiger partial charge < -0.3 is 20.7 Å². The number of carbonyl (C=O) groups excluding carboxylic acids is 2. The number of amides is 2. The largest absolute Gasteiger partial charge is 0.377 e. The smallest absolute Gasteiger partial charge is 0.242 e. The number of nitrogens with one attached hydrogen (secondary N) is 1. The van der Waals surface area contributed by atoms with Crippen LogP contribution in [-0.2, 0) is 14.3 Å². The van der Waals surface area contributed by atoms with Gasteiger partial charge in [-0.3, -0.25) is 9.59 Å². The molecule has 1 aliphatic rings. The summed E-state index contributed by atoms with van der Waals surface area (Å²) in [6.45, 7) is 7.80. The maximum Gasteiger partial charge on any atom is 0.242 e. The number of nitrogens with two attached hydrogens (primary N) is 1. The molecule has 2 amide bonds. The van der Waals surface area contributed by atoms with Crippen LogP contribution >= 0.6 is 0 Å². The summed E-state index contributed by atoms with van der Waals surface area (Å²) in [6.07, 6.45) is 0.362. The fourth-order valence-corrected chi connectivity index (χ4v) is 1.83. The lowest BCUT2D eigenvalue weighted by Gasteiger charge is -2.34. The van der Waals surface area contributed by atoms with Crippen molar-refractivity contribution in [2.24, 2.45) is 5.73 Å². The predicted molar refractivity (Wildman–Crippen MR) is 67.9 cm³/mol. The van der Waals surface area contributed by atoms with E-state index in [1.807, 2.05) is 20.8 Å². The summed E-state index contributed by atoms with van der Waals surface area (Å²) in [7, 11) is 0. The van der Waals surface area contributed by atoms with Crippen LogP contribution in [0.4, 0.5) is 0 Å². The van der Waals surface area contributed by atoms with Crippen molar-refractivity contribution < 1.29 is 14.3 Å². The molecule has 1 aliphatic heterocycles. The Morgan fingerprint density at radius 1 is 1.44 bits per heavy atom. The molecule has 1 atom stereocenters. The zero-order valence-corrected chi connectivity index (χ0v) is 11.4.